The molecule has 1 saturated carbocycles. The Balaban J connectivity index is 1.93. The molecule has 2 aromatic heterocycles. The molecule has 2 heterocycles. The molecule has 3 rings (SSSR count). The van der Waals surface area contributed by atoms with Gasteiger partial charge in [0.15, 0.2) is 5.65 Å². The van der Waals surface area contributed by atoms with Crippen LogP contribution in [0.15, 0.2) is 18.3 Å². The lowest BCUT2D eigenvalue weighted by Gasteiger charge is -2.18. The van der Waals surface area contributed by atoms with Crippen LogP contribution in [0.25, 0.3) is 5.65 Å². The predicted octanol–water partition coefficient (Wildman–Crippen LogP) is 2.92. The molecule has 1 aliphatic rings. The van der Waals surface area contributed by atoms with Crippen molar-refractivity contribution in [2.24, 2.45) is 5.73 Å². The van der Waals surface area contributed by atoms with Crippen LogP contribution < -0.4 is 11.1 Å². The van der Waals surface area contributed by atoms with Crippen LogP contribution in [-0.4, -0.2) is 26.7 Å². The van der Waals surface area contributed by atoms with Crippen molar-refractivity contribution in [3.63, 3.8) is 0 Å². The van der Waals surface area contributed by atoms with Gasteiger partial charge in [-0.3, -0.25) is 0 Å². The molecule has 21 heavy (non-hydrogen) atoms. The predicted molar refractivity (Wildman–Crippen MR) is 85.5 cm³/mol. The number of rotatable bonds is 5. The summed E-state index contributed by atoms with van der Waals surface area (Å²) in [5, 5.41) is 8.02. The van der Waals surface area contributed by atoms with Crippen LogP contribution >= 0.6 is 0 Å². The quantitative estimate of drug-likeness (QED) is 0.887. The highest BCUT2D eigenvalue weighted by Crippen LogP contribution is 2.27. The summed E-state index contributed by atoms with van der Waals surface area (Å²) in [6, 6.07) is 4.92. The number of anilines is 1. The number of fused-ring (bicyclic) bond motifs is 1. The Morgan fingerprint density at radius 2 is 2.19 bits per heavy atom. The Morgan fingerprint density at radius 3 is 2.86 bits per heavy atom. The maximum absolute atomic E-state index is 6.02. The summed E-state index contributed by atoms with van der Waals surface area (Å²) in [5.74, 6) is 1.56. The van der Waals surface area contributed by atoms with Crippen LogP contribution in [-0.2, 0) is 0 Å². The minimum absolute atomic E-state index is 0.330. The third-order valence-electron chi connectivity index (χ3n) is 4.61. The van der Waals surface area contributed by atoms with Crippen LogP contribution in [0.4, 0.5) is 5.82 Å². The number of hydrogen-bond donors (Lipinski definition) is 2. The molecular formula is C16H25N5. The van der Waals surface area contributed by atoms with Gasteiger partial charge in [0, 0.05) is 35.8 Å². The van der Waals surface area contributed by atoms with Gasteiger partial charge in [-0.25, -0.2) is 4.98 Å². The first-order valence-electron chi connectivity index (χ1n) is 8.08. The zero-order valence-electron chi connectivity index (χ0n) is 12.9. The van der Waals surface area contributed by atoms with Gasteiger partial charge in [0.1, 0.15) is 5.82 Å². The Kier molecular flexibility index (Phi) is 4.10. The third kappa shape index (κ3) is 2.88. The van der Waals surface area contributed by atoms with Crippen molar-refractivity contribution in [3.8, 4) is 0 Å². The SMILES string of the molecule is CCC(CC)c1cc(N[C@H]2CC[C@@H](N)C2)n2nccc2n1. The second kappa shape index (κ2) is 6.02. The molecule has 5 heteroatoms. The minimum Gasteiger partial charge on any atom is -0.367 e. The number of nitrogens with zero attached hydrogens (tertiary/aromatic N) is 3. The zero-order chi connectivity index (χ0) is 14.8. The lowest BCUT2D eigenvalue weighted by molar-refractivity contribution is 0.621. The maximum atomic E-state index is 6.02. The van der Waals surface area contributed by atoms with Crippen molar-refractivity contribution in [2.75, 3.05) is 5.32 Å². The van der Waals surface area contributed by atoms with E-state index >= 15 is 0 Å². The van der Waals surface area contributed by atoms with Gasteiger partial charge in [-0.1, -0.05) is 13.8 Å². The van der Waals surface area contributed by atoms with Crippen molar-refractivity contribution < 1.29 is 0 Å². The van der Waals surface area contributed by atoms with Gasteiger partial charge in [-0.05, 0) is 32.1 Å². The van der Waals surface area contributed by atoms with E-state index in [2.05, 4.69) is 30.3 Å². The topological polar surface area (TPSA) is 68.2 Å². The van der Waals surface area contributed by atoms with Crippen molar-refractivity contribution in [1.29, 1.82) is 0 Å². The Bertz CT molecular complexity index is 602. The normalized spacial score (nSPS) is 22.3. The van der Waals surface area contributed by atoms with E-state index in [4.69, 9.17) is 10.7 Å². The highest BCUT2D eigenvalue weighted by Gasteiger charge is 2.23. The molecule has 1 fully saturated rings. The van der Waals surface area contributed by atoms with E-state index in [9.17, 15) is 0 Å². The van der Waals surface area contributed by atoms with Crippen molar-refractivity contribution in [1.82, 2.24) is 14.6 Å². The minimum atomic E-state index is 0.330. The molecule has 3 N–H and O–H groups in total. The second-order valence-corrected chi connectivity index (χ2v) is 6.10. The zero-order valence-corrected chi connectivity index (χ0v) is 12.9. The van der Waals surface area contributed by atoms with E-state index in [1.54, 1.807) is 0 Å². The molecule has 5 nitrogen and oxygen atoms in total. The van der Waals surface area contributed by atoms with E-state index in [1.165, 1.54) is 0 Å². The summed E-state index contributed by atoms with van der Waals surface area (Å²) in [5.41, 5.74) is 8.10. The third-order valence-corrected chi connectivity index (χ3v) is 4.61. The molecule has 0 aliphatic heterocycles. The molecule has 0 saturated heterocycles. The summed E-state index contributed by atoms with van der Waals surface area (Å²) >= 11 is 0. The molecule has 2 aromatic rings. The molecule has 0 unspecified atom stereocenters. The van der Waals surface area contributed by atoms with Gasteiger partial charge >= 0.3 is 0 Å². The first-order chi connectivity index (χ1) is 10.2. The summed E-state index contributed by atoms with van der Waals surface area (Å²) in [4.78, 5) is 4.76. The van der Waals surface area contributed by atoms with Crippen LogP contribution in [0, 0.1) is 0 Å². The van der Waals surface area contributed by atoms with Crippen molar-refractivity contribution in [2.45, 2.75) is 64.0 Å². The molecule has 0 spiro atoms. The maximum Gasteiger partial charge on any atom is 0.157 e. The summed E-state index contributed by atoms with van der Waals surface area (Å²) < 4.78 is 1.90. The number of nitrogens with one attached hydrogen (secondary N) is 1. The lowest BCUT2D eigenvalue weighted by atomic mass is 9.99. The van der Waals surface area contributed by atoms with Crippen LogP contribution in [0.1, 0.15) is 57.6 Å². The average molecular weight is 287 g/mol. The smallest absolute Gasteiger partial charge is 0.157 e. The fourth-order valence-corrected chi connectivity index (χ4v) is 3.31. The van der Waals surface area contributed by atoms with Gasteiger partial charge in [0.25, 0.3) is 0 Å². The first-order valence-corrected chi connectivity index (χ1v) is 8.08. The fourth-order valence-electron chi connectivity index (χ4n) is 3.31. The molecule has 2 atom stereocenters. The van der Waals surface area contributed by atoms with Crippen molar-refractivity contribution in [3.05, 3.63) is 24.0 Å². The Hall–Kier alpha value is -1.62. The molecule has 0 radical (unpaired) electrons. The van der Waals surface area contributed by atoms with Crippen LogP contribution in [0.3, 0.4) is 0 Å². The van der Waals surface area contributed by atoms with Crippen molar-refractivity contribution >= 4 is 11.5 Å². The molecule has 114 valence electrons. The molecule has 1 aliphatic carbocycles. The molecule has 0 amide bonds. The Labute approximate surface area is 125 Å². The fraction of sp³-hybridized carbons (Fsp3) is 0.625. The second-order valence-electron chi connectivity index (χ2n) is 6.10. The highest BCUT2D eigenvalue weighted by molar-refractivity contribution is 5.50. The number of aromatic nitrogens is 3. The summed E-state index contributed by atoms with van der Waals surface area (Å²) in [6.45, 7) is 4.44. The van der Waals surface area contributed by atoms with Gasteiger partial charge in [0.2, 0.25) is 0 Å². The van der Waals surface area contributed by atoms with Gasteiger partial charge in [-0.15, -0.1) is 0 Å². The largest absolute Gasteiger partial charge is 0.367 e. The standard InChI is InChI=1S/C16H25N5/c1-3-11(4-2)14-10-16(19-13-6-5-12(17)9-13)21-15(20-14)7-8-18-21/h7-8,10-13,19H,3-6,9,17H2,1-2H3/t12-,13+/m1/s1. The average Bonchev–Trinajstić information content (AvgIpc) is 3.09. The van der Waals surface area contributed by atoms with E-state index < -0.39 is 0 Å². The number of nitrogens with two attached hydrogens (primary N) is 1. The van der Waals surface area contributed by atoms with E-state index in [0.717, 1.165) is 49.3 Å². The van der Waals surface area contributed by atoms with Crippen LogP contribution in [0.5, 0.6) is 0 Å². The van der Waals surface area contributed by atoms with E-state index in [1.807, 2.05) is 16.8 Å². The van der Waals surface area contributed by atoms with E-state index in [0.29, 0.717) is 18.0 Å². The first kappa shape index (κ1) is 14.3. The van der Waals surface area contributed by atoms with Gasteiger partial charge in [-0.2, -0.15) is 9.61 Å². The van der Waals surface area contributed by atoms with Gasteiger partial charge < -0.3 is 11.1 Å². The highest BCUT2D eigenvalue weighted by atomic mass is 15.3. The molecule has 0 bridgehead atoms. The monoisotopic (exact) mass is 287 g/mol. The summed E-state index contributed by atoms with van der Waals surface area (Å²) in [7, 11) is 0. The summed E-state index contributed by atoms with van der Waals surface area (Å²) in [6.07, 6.45) is 7.30. The lowest BCUT2D eigenvalue weighted by Crippen LogP contribution is -2.22. The number of hydrogen-bond acceptors (Lipinski definition) is 4. The Morgan fingerprint density at radius 1 is 1.38 bits per heavy atom. The molecule has 0 aromatic carbocycles. The van der Waals surface area contributed by atoms with E-state index in [-0.39, 0.29) is 0 Å². The van der Waals surface area contributed by atoms with Gasteiger partial charge in [0.05, 0.1) is 6.20 Å². The van der Waals surface area contributed by atoms with Crippen LogP contribution in [0.2, 0.25) is 0 Å². The molecular weight excluding hydrogens is 262 g/mol.